The van der Waals surface area contributed by atoms with Gasteiger partial charge in [-0.25, -0.2) is 4.39 Å². The summed E-state index contributed by atoms with van der Waals surface area (Å²) >= 11 is 0. The molecule has 1 aliphatic rings. The van der Waals surface area contributed by atoms with E-state index in [0.717, 1.165) is 5.56 Å². The molecule has 4 aromatic rings. The number of rotatable bonds is 4. The van der Waals surface area contributed by atoms with Crippen molar-refractivity contribution in [2.24, 2.45) is 0 Å². The average Bonchev–Trinajstić information content (AvgIpc) is 3.34. The topological polar surface area (TPSA) is 116 Å². The Kier molecular flexibility index (Phi) is 4.22. The maximum atomic E-state index is 13.8. The summed E-state index contributed by atoms with van der Waals surface area (Å²) in [6, 6.07) is 11.8. The fourth-order valence-electron chi connectivity index (χ4n) is 3.44. The standard InChI is InChI=1S/C21H15FN6O3/c1-30-17-7-13(3-4-14(17)22)25-21-19(27-20-12(8-23)9-24-28(20)21)11-2-5-16-15(6-11)26-18(29)10-31-16/h2-7,9,25,27H,10H2,1H3,(H,26,29). The number of nitrogens with one attached hydrogen (secondary N) is 3. The second-order valence-corrected chi connectivity index (χ2v) is 6.80. The van der Waals surface area contributed by atoms with Gasteiger partial charge in [-0.05, 0) is 30.3 Å². The van der Waals surface area contributed by atoms with Gasteiger partial charge in [-0.1, -0.05) is 0 Å². The molecule has 3 N–H and O–H groups in total. The maximum absolute atomic E-state index is 13.8. The number of imidazole rings is 1. The van der Waals surface area contributed by atoms with Gasteiger partial charge < -0.3 is 25.1 Å². The predicted octanol–water partition coefficient (Wildman–Crippen LogP) is 3.42. The maximum Gasteiger partial charge on any atom is 0.262 e. The molecule has 0 saturated heterocycles. The van der Waals surface area contributed by atoms with Crippen LogP contribution in [0.5, 0.6) is 11.5 Å². The van der Waals surface area contributed by atoms with Crippen LogP contribution in [0.2, 0.25) is 0 Å². The third-order valence-corrected chi connectivity index (χ3v) is 4.90. The Morgan fingerprint density at radius 1 is 1.32 bits per heavy atom. The number of amides is 1. The molecule has 1 amide bonds. The fourth-order valence-corrected chi connectivity index (χ4v) is 3.44. The summed E-state index contributed by atoms with van der Waals surface area (Å²) in [6.07, 6.45) is 1.45. The Morgan fingerprint density at radius 2 is 2.19 bits per heavy atom. The fraction of sp³-hybridized carbons (Fsp3) is 0.0952. The van der Waals surface area contributed by atoms with E-state index >= 15 is 0 Å². The number of carbonyl (C=O) groups is 1. The molecule has 0 atom stereocenters. The van der Waals surface area contributed by atoms with Crippen molar-refractivity contribution in [1.82, 2.24) is 14.6 Å². The van der Waals surface area contributed by atoms with E-state index in [0.29, 0.717) is 39.8 Å². The van der Waals surface area contributed by atoms with E-state index < -0.39 is 5.82 Å². The van der Waals surface area contributed by atoms with Crippen molar-refractivity contribution in [3.05, 3.63) is 54.0 Å². The number of nitriles is 1. The second kappa shape index (κ2) is 7.07. The highest BCUT2D eigenvalue weighted by Gasteiger charge is 2.21. The lowest BCUT2D eigenvalue weighted by atomic mass is 10.1. The molecule has 0 radical (unpaired) electrons. The molecule has 0 saturated carbocycles. The molecule has 0 fully saturated rings. The zero-order valence-electron chi connectivity index (χ0n) is 16.2. The van der Waals surface area contributed by atoms with E-state index in [-0.39, 0.29) is 18.3 Å². The van der Waals surface area contributed by atoms with Gasteiger partial charge in [0.05, 0.1) is 24.7 Å². The number of fused-ring (bicyclic) bond motifs is 2. The number of nitrogens with zero attached hydrogens (tertiary/aromatic N) is 3. The molecule has 2 aromatic carbocycles. The SMILES string of the molecule is COc1cc(Nc2c(-c3ccc4c(c3)NC(=O)CO4)[nH]c3c(C#N)cnn23)ccc1F. The summed E-state index contributed by atoms with van der Waals surface area (Å²) in [7, 11) is 1.39. The van der Waals surface area contributed by atoms with Gasteiger partial charge in [0.1, 0.15) is 17.4 Å². The molecular formula is C21H15FN6O3. The van der Waals surface area contributed by atoms with Crippen LogP contribution < -0.4 is 20.1 Å². The van der Waals surface area contributed by atoms with Crippen molar-refractivity contribution in [2.45, 2.75) is 0 Å². The van der Waals surface area contributed by atoms with E-state index in [1.165, 1.54) is 25.4 Å². The Labute approximate surface area is 175 Å². The number of hydrogen-bond acceptors (Lipinski definition) is 6. The summed E-state index contributed by atoms with van der Waals surface area (Å²) in [5.41, 5.74) is 3.29. The first-order valence-corrected chi connectivity index (χ1v) is 9.25. The molecule has 2 aromatic heterocycles. The van der Waals surface area contributed by atoms with E-state index in [1.807, 2.05) is 6.07 Å². The minimum absolute atomic E-state index is 0.0343. The molecule has 10 heteroatoms. The van der Waals surface area contributed by atoms with Crippen LogP contribution >= 0.6 is 0 Å². The van der Waals surface area contributed by atoms with Crippen molar-refractivity contribution in [1.29, 1.82) is 5.26 Å². The molecule has 5 rings (SSSR count). The quantitative estimate of drug-likeness (QED) is 0.468. The highest BCUT2D eigenvalue weighted by atomic mass is 19.1. The number of anilines is 3. The van der Waals surface area contributed by atoms with E-state index in [4.69, 9.17) is 9.47 Å². The first-order valence-electron chi connectivity index (χ1n) is 9.25. The van der Waals surface area contributed by atoms with Crippen molar-refractivity contribution >= 4 is 28.7 Å². The third kappa shape index (κ3) is 3.08. The van der Waals surface area contributed by atoms with Crippen molar-refractivity contribution in [3.8, 4) is 28.8 Å². The largest absolute Gasteiger partial charge is 0.494 e. The Balaban J connectivity index is 1.65. The van der Waals surface area contributed by atoms with E-state index in [1.54, 1.807) is 22.7 Å². The van der Waals surface area contributed by atoms with Crippen LogP contribution in [0.3, 0.4) is 0 Å². The lowest BCUT2D eigenvalue weighted by molar-refractivity contribution is -0.118. The van der Waals surface area contributed by atoms with Gasteiger partial charge >= 0.3 is 0 Å². The number of halogens is 1. The molecule has 154 valence electrons. The molecule has 0 spiro atoms. The lowest BCUT2D eigenvalue weighted by Crippen LogP contribution is -2.25. The summed E-state index contributed by atoms with van der Waals surface area (Å²) < 4.78 is 25.9. The Bertz CT molecular complexity index is 1380. The summed E-state index contributed by atoms with van der Waals surface area (Å²) in [5.74, 6) is 0.451. The number of ether oxygens (including phenoxy) is 2. The average molecular weight is 418 g/mol. The normalized spacial score (nSPS) is 12.6. The summed E-state index contributed by atoms with van der Waals surface area (Å²) in [6.45, 7) is -0.0343. The molecule has 3 heterocycles. The van der Waals surface area contributed by atoms with Crippen LogP contribution in [0.15, 0.2) is 42.6 Å². The van der Waals surface area contributed by atoms with Gasteiger partial charge in [-0.3, -0.25) is 4.79 Å². The van der Waals surface area contributed by atoms with Gasteiger partial charge in [0, 0.05) is 17.3 Å². The summed E-state index contributed by atoms with van der Waals surface area (Å²) in [4.78, 5) is 14.9. The van der Waals surface area contributed by atoms with Gasteiger partial charge in [0.25, 0.3) is 5.91 Å². The molecule has 0 aliphatic carbocycles. The summed E-state index contributed by atoms with van der Waals surface area (Å²) in [5, 5.41) is 19.7. The van der Waals surface area contributed by atoms with E-state index in [9.17, 15) is 14.4 Å². The van der Waals surface area contributed by atoms with Gasteiger partial charge in [0.15, 0.2) is 29.6 Å². The number of benzene rings is 2. The highest BCUT2D eigenvalue weighted by molar-refractivity contribution is 5.96. The molecule has 1 aliphatic heterocycles. The van der Waals surface area contributed by atoms with Gasteiger partial charge in [-0.2, -0.15) is 14.9 Å². The number of aromatic amines is 1. The Hall–Kier alpha value is -4.52. The van der Waals surface area contributed by atoms with Crippen molar-refractivity contribution in [2.75, 3.05) is 24.4 Å². The van der Waals surface area contributed by atoms with Crippen LogP contribution in [-0.2, 0) is 4.79 Å². The van der Waals surface area contributed by atoms with Crippen LogP contribution in [0, 0.1) is 17.1 Å². The minimum Gasteiger partial charge on any atom is -0.494 e. The molecule has 0 unspecified atom stereocenters. The lowest BCUT2D eigenvalue weighted by Gasteiger charge is -2.18. The van der Waals surface area contributed by atoms with Crippen molar-refractivity contribution in [3.63, 3.8) is 0 Å². The monoisotopic (exact) mass is 418 g/mol. The smallest absolute Gasteiger partial charge is 0.262 e. The molecule has 31 heavy (non-hydrogen) atoms. The molecular weight excluding hydrogens is 403 g/mol. The zero-order valence-corrected chi connectivity index (χ0v) is 16.2. The van der Waals surface area contributed by atoms with Crippen molar-refractivity contribution < 1.29 is 18.7 Å². The first kappa shape index (κ1) is 18.5. The highest BCUT2D eigenvalue weighted by Crippen LogP contribution is 2.37. The number of carbonyl (C=O) groups excluding carboxylic acids is 1. The Morgan fingerprint density at radius 3 is 3.00 bits per heavy atom. The van der Waals surface area contributed by atoms with Crippen LogP contribution in [-0.4, -0.2) is 34.2 Å². The second-order valence-electron chi connectivity index (χ2n) is 6.80. The number of aromatic nitrogens is 3. The number of hydrogen-bond donors (Lipinski definition) is 3. The number of H-pyrrole nitrogens is 1. The van der Waals surface area contributed by atoms with Crippen LogP contribution in [0.1, 0.15) is 5.56 Å². The van der Waals surface area contributed by atoms with E-state index in [2.05, 4.69) is 26.8 Å². The van der Waals surface area contributed by atoms with Crippen LogP contribution in [0.4, 0.5) is 21.6 Å². The third-order valence-electron chi connectivity index (χ3n) is 4.90. The minimum atomic E-state index is -0.483. The predicted molar refractivity (Wildman–Crippen MR) is 110 cm³/mol. The number of methoxy groups -OCH3 is 1. The zero-order chi connectivity index (χ0) is 21.5. The van der Waals surface area contributed by atoms with Crippen LogP contribution in [0.25, 0.3) is 16.9 Å². The van der Waals surface area contributed by atoms with Gasteiger partial charge in [0.2, 0.25) is 0 Å². The first-order chi connectivity index (χ1) is 15.1. The van der Waals surface area contributed by atoms with Gasteiger partial charge in [-0.15, -0.1) is 0 Å². The molecule has 0 bridgehead atoms. The molecule has 9 nitrogen and oxygen atoms in total.